The molecule has 0 fully saturated rings. The number of amides is 1. The van der Waals surface area contributed by atoms with Gasteiger partial charge in [0.25, 0.3) is 0 Å². The zero-order valence-corrected chi connectivity index (χ0v) is 16.6. The SMILES string of the molecule is CC(=O)N(CCNS(=O)(=O)c1ccc(C)cc1C)CCc1ccc(F)cc1. The summed E-state index contributed by atoms with van der Waals surface area (Å²) in [5.41, 5.74) is 2.59. The zero-order valence-electron chi connectivity index (χ0n) is 15.8. The van der Waals surface area contributed by atoms with Crippen LogP contribution in [0.1, 0.15) is 23.6 Å². The van der Waals surface area contributed by atoms with Crippen LogP contribution in [-0.4, -0.2) is 38.9 Å². The smallest absolute Gasteiger partial charge is 0.240 e. The van der Waals surface area contributed by atoms with Crippen LogP contribution in [0.2, 0.25) is 0 Å². The van der Waals surface area contributed by atoms with Gasteiger partial charge in [-0.15, -0.1) is 0 Å². The quantitative estimate of drug-likeness (QED) is 0.751. The van der Waals surface area contributed by atoms with Gasteiger partial charge in [-0.2, -0.15) is 0 Å². The van der Waals surface area contributed by atoms with Crippen molar-refractivity contribution in [1.82, 2.24) is 9.62 Å². The number of aryl methyl sites for hydroxylation is 2. The van der Waals surface area contributed by atoms with Gasteiger partial charge in [0, 0.05) is 26.6 Å². The maximum atomic E-state index is 13.0. The minimum absolute atomic E-state index is 0.124. The van der Waals surface area contributed by atoms with Crippen LogP contribution in [0.15, 0.2) is 47.4 Å². The Morgan fingerprint density at radius 3 is 2.33 bits per heavy atom. The van der Waals surface area contributed by atoms with E-state index < -0.39 is 10.0 Å². The largest absolute Gasteiger partial charge is 0.341 e. The van der Waals surface area contributed by atoms with E-state index in [9.17, 15) is 17.6 Å². The molecule has 0 heterocycles. The van der Waals surface area contributed by atoms with Crippen LogP contribution in [0, 0.1) is 19.7 Å². The molecule has 1 N–H and O–H groups in total. The summed E-state index contributed by atoms with van der Waals surface area (Å²) in [6, 6.07) is 11.3. The Morgan fingerprint density at radius 1 is 1.07 bits per heavy atom. The number of hydrogen-bond acceptors (Lipinski definition) is 3. The molecule has 5 nitrogen and oxygen atoms in total. The summed E-state index contributed by atoms with van der Waals surface area (Å²) in [6.45, 7) is 5.93. The second-order valence-electron chi connectivity index (χ2n) is 6.55. The van der Waals surface area contributed by atoms with Gasteiger partial charge in [0.05, 0.1) is 4.90 Å². The maximum Gasteiger partial charge on any atom is 0.240 e. The predicted molar refractivity (Wildman–Crippen MR) is 103 cm³/mol. The van der Waals surface area contributed by atoms with Gasteiger partial charge in [0.1, 0.15) is 5.82 Å². The molecule has 1 amide bonds. The molecule has 146 valence electrons. The van der Waals surface area contributed by atoms with Gasteiger partial charge >= 0.3 is 0 Å². The van der Waals surface area contributed by atoms with E-state index in [0.29, 0.717) is 18.5 Å². The lowest BCUT2D eigenvalue weighted by atomic mass is 10.1. The number of benzene rings is 2. The number of hydrogen-bond donors (Lipinski definition) is 1. The highest BCUT2D eigenvalue weighted by molar-refractivity contribution is 7.89. The summed E-state index contributed by atoms with van der Waals surface area (Å²) in [5, 5.41) is 0. The first-order valence-electron chi connectivity index (χ1n) is 8.76. The number of carbonyl (C=O) groups is 1. The van der Waals surface area contributed by atoms with Gasteiger partial charge in [-0.25, -0.2) is 17.5 Å². The summed E-state index contributed by atoms with van der Waals surface area (Å²) < 4.78 is 40.5. The predicted octanol–water partition coefficient (Wildman–Crippen LogP) is 2.81. The molecule has 0 radical (unpaired) electrons. The molecule has 2 rings (SSSR count). The third-order valence-corrected chi connectivity index (χ3v) is 5.94. The highest BCUT2D eigenvalue weighted by atomic mass is 32.2. The van der Waals surface area contributed by atoms with Crippen molar-refractivity contribution in [1.29, 1.82) is 0 Å². The van der Waals surface area contributed by atoms with E-state index in [1.54, 1.807) is 36.1 Å². The molecular formula is C20H25FN2O3S. The summed E-state index contributed by atoms with van der Waals surface area (Å²) in [5.74, 6) is -0.439. The van der Waals surface area contributed by atoms with Crippen LogP contribution in [0.4, 0.5) is 4.39 Å². The average molecular weight is 392 g/mol. The third-order valence-electron chi connectivity index (χ3n) is 4.32. The summed E-state index contributed by atoms with van der Waals surface area (Å²) >= 11 is 0. The van der Waals surface area contributed by atoms with Crippen molar-refractivity contribution >= 4 is 15.9 Å². The van der Waals surface area contributed by atoms with E-state index in [0.717, 1.165) is 11.1 Å². The summed E-state index contributed by atoms with van der Waals surface area (Å²) in [4.78, 5) is 13.6. The highest BCUT2D eigenvalue weighted by Gasteiger charge is 2.17. The van der Waals surface area contributed by atoms with Gasteiger partial charge in [-0.3, -0.25) is 4.79 Å². The Hall–Kier alpha value is -2.25. The monoisotopic (exact) mass is 392 g/mol. The molecule has 7 heteroatoms. The third kappa shape index (κ3) is 6.15. The minimum atomic E-state index is -3.63. The molecule has 0 bridgehead atoms. The van der Waals surface area contributed by atoms with Crippen LogP contribution in [0.3, 0.4) is 0 Å². The molecule has 2 aromatic carbocycles. The second kappa shape index (κ2) is 9.10. The van der Waals surface area contributed by atoms with Gasteiger partial charge in [-0.1, -0.05) is 29.8 Å². The highest BCUT2D eigenvalue weighted by Crippen LogP contribution is 2.16. The molecule has 27 heavy (non-hydrogen) atoms. The van der Waals surface area contributed by atoms with Gasteiger partial charge in [0.2, 0.25) is 15.9 Å². The fraction of sp³-hybridized carbons (Fsp3) is 0.350. The van der Waals surface area contributed by atoms with E-state index in [-0.39, 0.29) is 29.7 Å². The fourth-order valence-corrected chi connectivity index (χ4v) is 4.08. The first-order chi connectivity index (χ1) is 12.7. The number of sulfonamides is 1. The van der Waals surface area contributed by atoms with Crippen molar-refractivity contribution in [2.75, 3.05) is 19.6 Å². The fourth-order valence-electron chi connectivity index (χ4n) is 2.84. The van der Waals surface area contributed by atoms with Crippen molar-refractivity contribution < 1.29 is 17.6 Å². The molecule has 0 saturated heterocycles. The van der Waals surface area contributed by atoms with Crippen LogP contribution in [0.5, 0.6) is 0 Å². The molecule has 0 saturated carbocycles. The molecule has 2 aromatic rings. The molecule has 0 aromatic heterocycles. The Bertz CT molecular complexity index is 896. The summed E-state index contributed by atoms with van der Waals surface area (Å²) in [7, 11) is -3.63. The van der Waals surface area contributed by atoms with Gasteiger partial charge < -0.3 is 4.90 Å². The number of nitrogens with one attached hydrogen (secondary N) is 1. The Balaban J connectivity index is 1.93. The average Bonchev–Trinajstić information content (AvgIpc) is 2.58. The van der Waals surface area contributed by atoms with E-state index in [2.05, 4.69) is 4.72 Å². The van der Waals surface area contributed by atoms with Crippen LogP contribution < -0.4 is 4.72 Å². The molecular weight excluding hydrogens is 367 g/mol. The van der Waals surface area contributed by atoms with Crippen molar-refractivity contribution in [3.8, 4) is 0 Å². The van der Waals surface area contributed by atoms with Gasteiger partial charge in [0.15, 0.2) is 0 Å². The molecule has 0 unspecified atom stereocenters. The molecule has 0 aliphatic heterocycles. The first kappa shape index (κ1) is 21.1. The molecule has 0 spiro atoms. The van der Waals surface area contributed by atoms with E-state index in [1.807, 2.05) is 13.0 Å². The van der Waals surface area contributed by atoms with Crippen molar-refractivity contribution in [3.05, 3.63) is 65.0 Å². The number of carbonyl (C=O) groups excluding carboxylic acids is 1. The molecule has 0 aliphatic carbocycles. The maximum absolute atomic E-state index is 13.0. The number of halogens is 1. The van der Waals surface area contributed by atoms with Gasteiger partial charge in [-0.05, 0) is 49.6 Å². The summed E-state index contributed by atoms with van der Waals surface area (Å²) in [6.07, 6.45) is 0.573. The normalized spacial score (nSPS) is 11.4. The van der Waals surface area contributed by atoms with Crippen molar-refractivity contribution in [2.24, 2.45) is 0 Å². The van der Waals surface area contributed by atoms with E-state index in [4.69, 9.17) is 0 Å². The second-order valence-corrected chi connectivity index (χ2v) is 8.28. The number of rotatable bonds is 8. The number of nitrogens with zero attached hydrogens (tertiary/aromatic N) is 1. The Morgan fingerprint density at radius 2 is 1.74 bits per heavy atom. The lowest BCUT2D eigenvalue weighted by Gasteiger charge is -2.21. The topological polar surface area (TPSA) is 66.5 Å². The van der Waals surface area contributed by atoms with E-state index >= 15 is 0 Å². The van der Waals surface area contributed by atoms with Crippen LogP contribution in [0.25, 0.3) is 0 Å². The zero-order chi connectivity index (χ0) is 20.0. The Labute approximate surface area is 160 Å². The van der Waals surface area contributed by atoms with Crippen molar-refractivity contribution in [2.45, 2.75) is 32.1 Å². The Kier molecular flexibility index (Phi) is 7.10. The van der Waals surface area contributed by atoms with Crippen LogP contribution in [-0.2, 0) is 21.2 Å². The lowest BCUT2D eigenvalue weighted by molar-refractivity contribution is -0.128. The standard InChI is InChI=1S/C20H25FN2O3S/c1-15-4-9-20(16(2)14-15)27(25,26)22-11-13-23(17(3)24)12-10-18-5-7-19(21)8-6-18/h4-9,14,22H,10-13H2,1-3H3. The molecule has 0 aliphatic rings. The lowest BCUT2D eigenvalue weighted by Crippen LogP contribution is -2.38. The first-order valence-corrected chi connectivity index (χ1v) is 10.2. The van der Waals surface area contributed by atoms with Crippen molar-refractivity contribution in [3.63, 3.8) is 0 Å². The van der Waals surface area contributed by atoms with E-state index in [1.165, 1.54) is 19.1 Å². The minimum Gasteiger partial charge on any atom is -0.341 e. The van der Waals surface area contributed by atoms with Crippen LogP contribution >= 0.6 is 0 Å². The molecule has 0 atom stereocenters.